The summed E-state index contributed by atoms with van der Waals surface area (Å²) in [6.45, 7) is 4.60. The summed E-state index contributed by atoms with van der Waals surface area (Å²) in [4.78, 5) is 2.55. The van der Waals surface area contributed by atoms with Gasteiger partial charge < -0.3 is 9.15 Å². The molecule has 0 spiro atoms. The SMILES string of the molecule is Cc1ccc(-c2nn(CN3CCOC(c4ccc(F)cc4)C3)c(=S)o2)cc1. The van der Waals surface area contributed by atoms with Crippen molar-refractivity contribution in [1.29, 1.82) is 0 Å². The zero-order valence-electron chi connectivity index (χ0n) is 15.0. The van der Waals surface area contributed by atoms with E-state index in [1.807, 2.05) is 31.2 Å². The first kappa shape index (κ1) is 18.0. The van der Waals surface area contributed by atoms with Crippen LogP contribution in [0, 0.1) is 17.6 Å². The molecule has 1 atom stereocenters. The van der Waals surface area contributed by atoms with E-state index in [4.69, 9.17) is 21.4 Å². The summed E-state index contributed by atoms with van der Waals surface area (Å²) in [6.07, 6.45) is -0.100. The van der Waals surface area contributed by atoms with Gasteiger partial charge in [-0.25, -0.2) is 9.07 Å². The van der Waals surface area contributed by atoms with Crippen molar-refractivity contribution in [1.82, 2.24) is 14.7 Å². The van der Waals surface area contributed by atoms with Gasteiger partial charge in [-0.3, -0.25) is 4.90 Å². The molecule has 5 nitrogen and oxygen atoms in total. The maximum absolute atomic E-state index is 13.1. The Morgan fingerprint density at radius 1 is 1.15 bits per heavy atom. The Balaban J connectivity index is 1.48. The first-order valence-electron chi connectivity index (χ1n) is 8.83. The average Bonchev–Trinajstić information content (AvgIpc) is 3.03. The predicted octanol–water partition coefficient (Wildman–Crippen LogP) is 4.35. The third-order valence-corrected chi connectivity index (χ3v) is 4.93. The van der Waals surface area contributed by atoms with Crippen LogP contribution in [-0.4, -0.2) is 34.4 Å². The number of aryl methyl sites for hydroxylation is 1. The zero-order valence-corrected chi connectivity index (χ0v) is 15.8. The number of hydrogen-bond acceptors (Lipinski definition) is 5. The lowest BCUT2D eigenvalue weighted by atomic mass is 10.1. The molecule has 0 saturated carbocycles. The van der Waals surface area contributed by atoms with E-state index in [1.165, 1.54) is 17.7 Å². The Morgan fingerprint density at radius 2 is 1.89 bits per heavy atom. The van der Waals surface area contributed by atoms with E-state index in [0.29, 0.717) is 30.5 Å². The second kappa shape index (κ2) is 7.72. The van der Waals surface area contributed by atoms with E-state index in [9.17, 15) is 4.39 Å². The van der Waals surface area contributed by atoms with Crippen molar-refractivity contribution in [3.8, 4) is 11.5 Å². The van der Waals surface area contributed by atoms with Crippen molar-refractivity contribution in [3.05, 3.63) is 70.3 Å². The quantitative estimate of drug-likeness (QED) is 0.625. The first-order chi connectivity index (χ1) is 13.1. The maximum atomic E-state index is 13.1. The van der Waals surface area contributed by atoms with Crippen molar-refractivity contribution >= 4 is 12.2 Å². The highest BCUT2D eigenvalue weighted by molar-refractivity contribution is 7.71. The van der Waals surface area contributed by atoms with Crippen LogP contribution in [-0.2, 0) is 11.4 Å². The Kier molecular flexibility index (Phi) is 5.15. The number of nitrogens with zero attached hydrogens (tertiary/aromatic N) is 3. The van der Waals surface area contributed by atoms with E-state index >= 15 is 0 Å². The molecule has 1 aromatic heterocycles. The lowest BCUT2D eigenvalue weighted by molar-refractivity contribution is -0.0420. The molecule has 0 bridgehead atoms. The normalized spacial score (nSPS) is 17.9. The van der Waals surface area contributed by atoms with Gasteiger partial charge in [0, 0.05) is 18.7 Å². The molecule has 1 aliphatic heterocycles. The first-order valence-corrected chi connectivity index (χ1v) is 9.24. The van der Waals surface area contributed by atoms with Crippen LogP contribution in [0.1, 0.15) is 17.2 Å². The van der Waals surface area contributed by atoms with Gasteiger partial charge in [-0.15, -0.1) is 5.10 Å². The number of halogens is 1. The van der Waals surface area contributed by atoms with Crippen molar-refractivity contribution < 1.29 is 13.5 Å². The second-order valence-corrected chi connectivity index (χ2v) is 7.02. The van der Waals surface area contributed by atoms with Crippen LogP contribution in [0.15, 0.2) is 52.9 Å². The maximum Gasteiger partial charge on any atom is 0.288 e. The van der Waals surface area contributed by atoms with Gasteiger partial charge in [0.15, 0.2) is 0 Å². The molecule has 1 unspecified atom stereocenters. The minimum atomic E-state index is -0.246. The van der Waals surface area contributed by atoms with E-state index in [1.54, 1.807) is 16.8 Å². The Bertz CT molecular complexity index is 966. The summed E-state index contributed by atoms with van der Waals surface area (Å²) in [5.74, 6) is 0.271. The van der Waals surface area contributed by atoms with Crippen molar-refractivity contribution in [2.75, 3.05) is 19.7 Å². The number of morpholine rings is 1. The van der Waals surface area contributed by atoms with Gasteiger partial charge in [-0.1, -0.05) is 29.8 Å². The topological polar surface area (TPSA) is 43.4 Å². The molecular weight excluding hydrogens is 365 g/mol. The smallest absolute Gasteiger partial charge is 0.288 e. The molecule has 27 heavy (non-hydrogen) atoms. The number of rotatable bonds is 4. The monoisotopic (exact) mass is 385 g/mol. The van der Waals surface area contributed by atoms with E-state index in [-0.39, 0.29) is 11.9 Å². The molecule has 1 aliphatic rings. The third-order valence-electron chi connectivity index (χ3n) is 4.63. The summed E-state index contributed by atoms with van der Waals surface area (Å²) in [6, 6.07) is 14.4. The van der Waals surface area contributed by atoms with Crippen molar-refractivity contribution in [2.45, 2.75) is 19.7 Å². The Labute approximate surface area is 162 Å². The lowest BCUT2D eigenvalue weighted by Gasteiger charge is -2.32. The summed E-state index contributed by atoms with van der Waals surface area (Å²) < 4.78 is 26.4. The number of aromatic nitrogens is 2. The molecule has 4 rings (SSSR count). The predicted molar refractivity (Wildman–Crippen MR) is 102 cm³/mol. The van der Waals surface area contributed by atoms with Crippen LogP contribution in [0.4, 0.5) is 4.39 Å². The fourth-order valence-corrected chi connectivity index (χ4v) is 3.29. The Hall–Kier alpha value is -2.35. The molecule has 2 heterocycles. The highest BCUT2D eigenvalue weighted by Crippen LogP contribution is 2.23. The fraction of sp³-hybridized carbons (Fsp3) is 0.300. The minimum Gasteiger partial charge on any atom is -0.409 e. The standard InChI is InChI=1S/C20H20FN3O2S/c1-14-2-4-16(5-3-14)19-22-24(20(27)26-19)13-23-10-11-25-18(12-23)15-6-8-17(21)9-7-15/h2-9,18H,10-13H2,1H3. The molecule has 0 N–H and O–H groups in total. The van der Waals surface area contributed by atoms with Gasteiger partial charge in [-0.2, -0.15) is 0 Å². The molecular formula is C20H20FN3O2S. The summed E-state index contributed by atoms with van der Waals surface area (Å²) in [5, 5.41) is 4.53. The van der Waals surface area contributed by atoms with Crippen LogP contribution in [0.5, 0.6) is 0 Å². The van der Waals surface area contributed by atoms with Crippen LogP contribution in [0.2, 0.25) is 0 Å². The van der Waals surface area contributed by atoms with Gasteiger partial charge in [0.05, 0.1) is 19.4 Å². The average molecular weight is 385 g/mol. The van der Waals surface area contributed by atoms with Crippen LogP contribution in [0.3, 0.4) is 0 Å². The van der Waals surface area contributed by atoms with Gasteiger partial charge in [-0.05, 0) is 49.0 Å². The van der Waals surface area contributed by atoms with Gasteiger partial charge in [0.1, 0.15) is 5.82 Å². The van der Waals surface area contributed by atoms with Gasteiger partial charge in [0.2, 0.25) is 5.89 Å². The Morgan fingerprint density at radius 3 is 2.63 bits per heavy atom. The van der Waals surface area contributed by atoms with E-state index in [2.05, 4.69) is 10.00 Å². The van der Waals surface area contributed by atoms with E-state index < -0.39 is 0 Å². The minimum absolute atomic E-state index is 0.100. The molecule has 140 valence electrons. The van der Waals surface area contributed by atoms with Gasteiger partial charge >= 0.3 is 0 Å². The summed E-state index contributed by atoms with van der Waals surface area (Å²) >= 11 is 5.34. The molecule has 2 aromatic carbocycles. The molecule has 0 amide bonds. The third kappa shape index (κ3) is 4.16. The largest absolute Gasteiger partial charge is 0.409 e. The molecule has 1 saturated heterocycles. The number of hydrogen-bond donors (Lipinski definition) is 0. The summed E-state index contributed by atoms with van der Waals surface area (Å²) in [7, 11) is 0. The molecule has 1 fully saturated rings. The zero-order chi connectivity index (χ0) is 18.8. The fourth-order valence-electron chi connectivity index (χ4n) is 3.11. The van der Waals surface area contributed by atoms with Crippen LogP contribution >= 0.6 is 12.2 Å². The van der Waals surface area contributed by atoms with Crippen LogP contribution < -0.4 is 0 Å². The second-order valence-electron chi connectivity index (χ2n) is 6.67. The highest BCUT2D eigenvalue weighted by Gasteiger charge is 2.23. The highest BCUT2D eigenvalue weighted by atomic mass is 32.1. The number of benzene rings is 2. The van der Waals surface area contributed by atoms with Crippen LogP contribution in [0.25, 0.3) is 11.5 Å². The van der Waals surface area contributed by atoms with E-state index in [0.717, 1.165) is 17.7 Å². The molecule has 0 radical (unpaired) electrons. The lowest BCUT2D eigenvalue weighted by Crippen LogP contribution is -2.39. The number of ether oxygens (including phenoxy) is 1. The molecule has 3 aromatic rings. The van der Waals surface area contributed by atoms with Crippen molar-refractivity contribution in [2.24, 2.45) is 0 Å². The van der Waals surface area contributed by atoms with Gasteiger partial charge in [0.25, 0.3) is 4.84 Å². The van der Waals surface area contributed by atoms with Crippen molar-refractivity contribution in [3.63, 3.8) is 0 Å². The molecule has 7 heteroatoms. The molecule has 0 aliphatic carbocycles. The summed E-state index contributed by atoms with van der Waals surface area (Å²) in [5.41, 5.74) is 3.04.